The van der Waals surface area contributed by atoms with Crippen LogP contribution in [0.4, 0.5) is 5.82 Å². The summed E-state index contributed by atoms with van der Waals surface area (Å²) in [5, 5.41) is 10.1. The van der Waals surface area contributed by atoms with Gasteiger partial charge in [-0.1, -0.05) is 11.6 Å². The number of halogens is 1. The molecule has 0 radical (unpaired) electrons. The second-order valence-electron chi connectivity index (χ2n) is 5.35. The molecule has 0 saturated carbocycles. The normalized spacial score (nSPS) is 15.6. The van der Waals surface area contributed by atoms with Gasteiger partial charge >= 0.3 is 0 Å². The van der Waals surface area contributed by atoms with Crippen molar-refractivity contribution in [2.45, 2.75) is 6.54 Å². The van der Waals surface area contributed by atoms with Gasteiger partial charge in [-0.3, -0.25) is 9.36 Å². The Bertz CT molecular complexity index is 787. The Morgan fingerprint density at radius 3 is 2.86 bits per heavy atom. The van der Waals surface area contributed by atoms with E-state index in [2.05, 4.69) is 25.1 Å². The number of aromatic nitrogens is 6. The zero-order chi connectivity index (χ0) is 14.4. The van der Waals surface area contributed by atoms with Gasteiger partial charge in [0.05, 0.1) is 22.8 Å². The summed E-state index contributed by atoms with van der Waals surface area (Å²) in [6, 6.07) is 0. The zero-order valence-corrected chi connectivity index (χ0v) is 12.3. The highest BCUT2D eigenvalue weighted by Crippen LogP contribution is 2.29. The summed E-state index contributed by atoms with van der Waals surface area (Å²) in [5.74, 6) is 1.52. The van der Waals surface area contributed by atoms with E-state index in [-0.39, 0.29) is 0 Å². The van der Waals surface area contributed by atoms with Crippen LogP contribution in [0.2, 0.25) is 5.02 Å². The molecule has 4 rings (SSSR count). The van der Waals surface area contributed by atoms with Crippen molar-refractivity contribution >= 4 is 28.5 Å². The second kappa shape index (κ2) is 4.70. The van der Waals surface area contributed by atoms with Crippen LogP contribution >= 0.6 is 11.6 Å². The Morgan fingerprint density at radius 1 is 1.24 bits per heavy atom. The fraction of sp³-hybridized carbons (Fsp3) is 0.385. The summed E-state index contributed by atoms with van der Waals surface area (Å²) in [4.78, 5) is 10.9. The van der Waals surface area contributed by atoms with Gasteiger partial charge in [-0.2, -0.15) is 10.2 Å². The predicted molar refractivity (Wildman–Crippen MR) is 79.2 cm³/mol. The number of hydrogen-bond donors (Lipinski definition) is 0. The van der Waals surface area contributed by atoms with Crippen LogP contribution < -0.4 is 4.90 Å². The van der Waals surface area contributed by atoms with Gasteiger partial charge in [0.25, 0.3) is 0 Å². The molecule has 1 fully saturated rings. The lowest BCUT2D eigenvalue weighted by Crippen LogP contribution is -2.49. The van der Waals surface area contributed by atoms with Gasteiger partial charge in [-0.25, -0.2) is 9.97 Å². The molecule has 7 nitrogen and oxygen atoms in total. The number of aryl methyl sites for hydroxylation is 1. The predicted octanol–water partition coefficient (Wildman–Crippen LogP) is 1.35. The van der Waals surface area contributed by atoms with E-state index < -0.39 is 0 Å². The second-order valence-corrected chi connectivity index (χ2v) is 5.79. The first-order valence-corrected chi connectivity index (χ1v) is 7.14. The van der Waals surface area contributed by atoms with Gasteiger partial charge in [0, 0.05) is 38.8 Å². The monoisotopic (exact) mass is 303 g/mol. The molecule has 1 aliphatic rings. The van der Waals surface area contributed by atoms with E-state index in [1.54, 1.807) is 17.2 Å². The zero-order valence-electron chi connectivity index (χ0n) is 11.5. The van der Waals surface area contributed by atoms with E-state index >= 15 is 0 Å². The van der Waals surface area contributed by atoms with E-state index in [0.717, 1.165) is 36.5 Å². The molecule has 8 heteroatoms. The smallest absolute Gasteiger partial charge is 0.163 e. The van der Waals surface area contributed by atoms with E-state index in [0.29, 0.717) is 10.9 Å². The standard InChI is InChI=1S/C13H14ClN7/c1-19-12-11(3-17-19)13(16-8-15-12)20-4-9(5-20)6-21-7-10(14)2-18-21/h2-3,7-9H,4-6H2,1H3. The molecule has 108 valence electrons. The van der Waals surface area contributed by atoms with Crippen molar-refractivity contribution in [1.29, 1.82) is 0 Å². The van der Waals surface area contributed by atoms with Crippen LogP contribution in [0.15, 0.2) is 24.9 Å². The third-order valence-corrected chi connectivity index (χ3v) is 4.01. The maximum Gasteiger partial charge on any atom is 0.163 e. The van der Waals surface area contributed by atoms with E-state index in [9.17, 15) is 0 Å². The summed E-state index contributed by atoms with van der Waals surface area (Å²) < 4.78 is 3.66. The maximum atomic E-state index is 5.88. The minimum Gasteiger partial charge on any atom is -0.355 e. The summed E-state index contributed by atoms with van der Waals surface area (Å²) >= 11 is 5.88. The van der Waals surface area contributed by atoms with Gasteiger partial charge in [0.15, 0.2) is 5.65 Å². The van der Waals surface area contributed by atoms with Crippen molar-refractivity contribution in [2.24, 2.45) is 13.0 Å². The third kappa shape index (κ3) is 2.13. The Morgan fingerprint density at radius 2 is 2.10 bits per heavy atom. The summed E-state index contributed by atoms with van der Waals surface area (Å²) in [5.41, 5.74) is 0.863. The molecule has 1 aliphatic heterocycles. The van der Waals surface area contributed by atoms with Crippen LogP contribution in [-0.4, -0.2) is 42.6 Å². The topological polar surface area (TPSA) is 64.7 Å². The van der Waals surface area contributed by atoms with Crippen LogP contribution in [-0.2, 0) is 13.6 Å². The fourth-order valence-electron chi connectivity index (χ4n) is 2.76. The van der Waals surface area contributed by atoms with Gasteiger partial charge < -0.3 is 4.90 Å². The lowest BCUT2D eigenvalue weighted by molar-refractivity contribution is 0.341. The van der Waals surface area contributed by atoms with Crippen molar-refractivity contribution in [2.75, 3.05) is 18.0 Å². The first-order valence-electron chi connectivity index (χ1n) is 6.76. The third-order valence-electron chi connectivity index (χ3n) is 3.81. The van der Waals surface area contributed by atoms with E-state index in [1.165, 1.54) is 0 Å². The van der Waals surface area contributed by atoms with Crippen LogP contribution in [0.25, 0.3) is 11.0 Å². The first-order chi connectivity index (χ1) is 10.2. The fourth-order valence-corrected chi connectivity index (χ4v) is 2.92. The lowest BCUT2D eigenvalue weighted by atomic mass is 10.00. The minimum absolute atomic E-state index is 0.558. The molecule has 0 spiro atoms. The van der Waals surface area contributed by atoms with Gasteiger partial charge in [-0.15, -0.1) is 0 Å². The van der Waals surface area contributed by atoms with Crippen LogP contribution in [0, 0.1) is 5.92 Å². The van der Waals surface area contributed by atoms with Crippen LogP contribution in [0.3, 0.4) is 0 Å². The van der Waals surface area contributed by atoms with E-state index in [1.807, 2.05) is 24.1 Å². The largest absolute Gasteiger partial charge is 0.355 e. The number of anilines is 1. The van der Waals surface area contributed by atoms with Crippen molar-refractivity contribution in [3.63, 3.8) is 0 Å². The number of nitrogens with zero attached hydrogens (tertiary/aromatic N) is 7. The molecule has 1 saturated heterocycles. The Balaban J connectivity index is 1.49. The molecule has 0 unspecified atom stereocenters. The van der Waals surface area contributed by atoms with Crippen molar-refractivity contribution in [1.82, 2.24) is 29.5 Å². The Hall–Kier alpha value is -2.15. The molecule has 0 aromatic carbocycles. The average molecular weight is 304 g/mol. The Kier molecular flexibility index (Phi) is 2.81. The van der Waals surface area contributed by atoms with Gasteiger partial charge in [-0.05, 0) is 0 Å². The number of hydrogen-bond acceptors (Lipinski definition) is 5. The lowest BCUT2D eigenvalue weighted by Gasteiger charge is -2.40. The summed E-state index contributed by atoms with van der Waals surface area (Å²) in [7, 11) is 1.89. The molecule has 0 amide bonds. The number of fused-ring (bicyclic) bond motifs is 1. The average Bonchev–Trinajstić information content (AvgIpc) is 3.01. The van der Waals surface area contributed by atoms with Gasteiger partial charge in [0.1, 0.15) is 12.1 Å². The van der Waals surface area contributed by atoms with Crippen LogP contribution in [0.5, 0.6) is 0 Å². The molecule has 0 aliphatic carbocycles. The molecule has 3 aromatic heterocycles. The molecular weight excluding hydrogens is 290 g/mol. The molecule has 0 bridgehead atoms. The minimum atomic E-state index is 0.558. The Labute approximate surface area is 126 Å². The quantitative estimate of drug-likeness (QED) is 0.731. The molecule has 21 heavy (non-hydrogen) atoms. The molecule has 0 N–H and O–H groups in total. The number of rotatable bonds is 3. The highest BCUT2D eigenvalue weighted by atomic mass is 35.5. The van der Waals surface area contributed by atoms with Crippen molar-refractivity contribution < 1.29 is 0 Å². The maximum absolute atomic E-state index is 5.88. The molecular formula is C13H14ClN7. The first kappa shape index (κ1) is 12.6. The SMILES string of the molecule is Cn1ncc2c(N3CC(Cn4cc(Cl)cn4)C3)ncnc21. The van der Waals surface area contributed by atoms with E-state index in [4.69, 9.17) is 11.6 Å². The van der Waals surface area contributed by atoms with Crippen LogP contribution in [0.1, 0.15) is 0 Å². The highest BCUT2D eigenvalue weighted by molar-refractivity contribution is 6.30. The van der Waals surface area contributed by atoms with Gasteiger partial charge in [0.2, 0.25) is 0 Å². The van der Waals surface area contributed by atoms with Crippen molar-refractivity contribution in [3.05, 3.63) is 29.9 Å². The molecule has 0 atom stereocenters. The summed E-state index contributed by atoms with van der Waals surface area (Å²) in [6.45, 7) is 2.79. The summed E-state index contributed by atoms with van der Waals surface area (Å²) in [6.07, 6.45) is 6.95. The van der Waals surface area contributed by atoms with Crippen molar-refractivity contribution in [3.8, 4) is 0 Å². The molecule has 4 heterocycles. The highest BCUT2D eigenvalue weighted by Gasteiger charge is 2.29. The molecule has 3 aromatic rings.